The van der Waals surface area contributed by atoms with E-state index in [2.05, 4.69) is 14.9 Å². The van der Waals surface area contributed by atoms with Crippen LogP contribution in [-0.4, -0.2) is 40.3 Å². The standard InChI is InChI=1S/C22H20ClN3O2/c23-15-5-6-21-19(11-15)25-22(28-21)14-7-9-26(10-8-14)13-20(27)17-12-24-18-4-2-1-3-16(17)18/h1-6,11-12,14,24H,7-10,13H2. The Balaban J connectivity index is 1.24. The fourth-order valence-corrected chi connectivity index (χ4v) is 4.19. The fraction of sp³-hybridized carbons (Fsp3) is 0.273. The van der Waals surface area contributed by atoms with Crippen molar-refractivity contribution in [1.29, 1.82) is 0 Å². The zero-order valence-electron chi connectivity index (χ0n) is 15.3. The molecule has 1 aliphatic heterocycles. The molecule has 28 heavy (non-hydrogen) atoms. The van der Waals surface area contributed by atoms with Gasteiger partial charge in [0, 0.05) is 33.6 Å². The summed E-state index contributed by atoms with van der Waals surface area (Å²) >= 11 is 6.04. The van der Waals surface area contributed by atoms with Gasteiger partial charge in [-0.15, -0.1) is 0 Å². The quantitative estimate of drug-likeness (QED) is 0.494. The Kier molecular flexibility index (Phi) is 4.41. The van der Waals surface area contributed by atoms with Crippen LogP contribution in [0.1, 0.15) is 35.0 Å². The molecule has 6 heteroatoms. The highest BCUT2D eigenvalue weighted by Crippen LogP contribution is 2.31. The molecule has 0 atom stereocenters. The topological polar surface area (TPSA) is 62.1 Å². The molecule has 0 aliphatic carbocycles. The molecule has 3 heterocycles. The summed E-state index contributed by atoms with van der Waals surface area (Å²) in [6, 6.07) is 13.4. The van der Waals surface area contributed by atoms with Crippen LogP contribution < -0.4 is 0 Å². The number of fused-ring (bicyclic) bond motifs is 2. The van der Waals surface area contributed by atoms with Crippen LogP contribution in [-0.2, 0) is 0 Å². The van der Waals surface area contributed by atoms with Crippen LogP contribution in [0.2, 0.25) is 5.02 Å². The number of Topliss-reactive ketones (excluding diaryl/α,β-unsaturated/α-hetero) is 1. The normalized spacial score (nSPS) is 16.2. The predicted molar refractivity (Wildman–Crippen MR) is 110 cm³/mol. The van der Waals surface area contributed by atoms with E-state index in [4.69, 9.17) is 16.0 Å². The van der Waals surface area contributed by atoms with Gasteiger partial charge in [-0.3, -0.25) is 9.69 Å². The highest BCUT2D eigenvalue weighted by molar-refractivity contribution is 6.31. The number of nitrogens with zero attached hydrogens (tertiary/aromatic N) is 2. The molecule has 142 valence electrons. The molecule has 0 amide bonds. The Morgan fingerprint density at radius 3 is 2.89 bits per heavy atom. The lowest BCUT2D eigenvalue weighted by Crippen LogP contribution is -2.36. The second kappa shape index (κ2) is 7.08. The van der Waals surface area contributed by atoms with Crippen molar-refractivity contribution in [3.63, 3.8) is 0 Å². The van der Waals surface area contributed by atoms with Crippen LogP contribution in [0, 0.1) is 0 Å². The van der Waals surface area contributed by atoms with Crippen LogP contribution in [0.4, 0.5) is 0 Å². The molecular weight excluding hydrogens is 374 g/mol. The van der Waals surface area contributed by atoms with E-state index >= 15 is 0 Å². The first-order valence-corrected chi connectivity index (χ1v) is 9.93. The van der Waals surface area contributed by atoms with Crippen molar-refractivity contribution in [2.24, 2.45) is 0 Å². The maximum Gasteiger partial charge on any atom is 0.198 e. The largest absolute Gasteiger partial charge is 0.440 e. The Bertz CT molecular complexity index is 1150. The molecule has 1 aliphatic rings. The van der Waals surface area contributed by atoms with E-state index in [1.165, 1.54) is 0 Å². The van der Waals surface area contributed by atoms with Gasteiger partial charge in [-0.25, -0.2) is 4.98 Å². The number of ketones is 1. The number of hydrogen-bond donors (Lipinski definition) is 1. The number of piperidine rings is 1. The predicted octanol–water partition coefficient (Wildman–Crippen LogP) is 5.02. The molecule has 1 fully saturated rings. The van der Waals surface area contributed by atoms with Crippen molar-refractivity contribution in [2.45, 2.75) is 18.8 Å². The van der Waals surface area contributed by atoms with Crippen molar-refractivity contribution < 1.29 is 9.21 Å². The molecular formula is C22H20ClN3O2. The van der Waals surface area contributed by atoms with Gasteiger partial charge in [-0.1, -0.05) is 29.8 Å². The number of hydrogen-bond acceptors (Lipinski definition) is 4. The van der Waals surface area contributed by atoms with E-state index in [1.54, 1.807) is 0 Å². The fourth-order valence-electron chi connectivity index (χ4n) is 4.02. The lowest BCUT2D eigenvalue weighted by molar-refractivity contribution is 0.0908. The molecule has 1 N–H and O–H groups in total. The molecule has 0 saturated carbocycles. The first-order chi connectivity index (χ1) is 13.7. The van der Waals surface area contributed by atoms with Crippen LogP contribution in [0.25, 0.3) is 22.0 Å². The lowest BCUT2D eigenvalue weighted by Gasteiger charge is -2.29. The molecule has 5 rings (SSSR count). The molecule has 2 aromatic carbocycles. The third-order valence-corrected chi connectivity index (χ3v) is 5.79. The van der Waals surface area contributed by atoms with Crippen LogP contribution in [0.5, 0.6) is 0 Å². The number of carbonyl (C=O) groups excluding carboxylic acids is 1. The summed E-state index contributed by atoms with van der Waals surface area (Å²) in [7, 11) is 0. The van der Waals surface area contributed by atoms with Crippen LogP contribution in [0.3, 0.4) is 0 Å². The van der Waals surface area contributed by atoms with E-state index in [-0.39, 0.29) is 11.7 Å². The van der Waals surface area contributed by atoms with E-state index < -0.39 is 0 Å². The zero-order chi connectivity index (χ0) is 19.1. The summed E-state index contributed by atoms with van der Waals surface area (Å²) in [5, 5.41) is 1.66. The van der Waals surface area contributed by atoms with E-state index in [0.717, 1.165) is 59.4 Å². The highest BCUT2D eigenvalue weighted by atomic mass is 35.5. The molecule has 0 radical (unpaired) electrons. The minimum absolute atomic E-state index is 0.160. The summed E-state index contributed by atoms with van der Waals surface area (Å²) in [6.07, 6.45) is 3.69. The van der Waals surface area contributed by atoms with Gasteiger partial charge in [0.15, 0.2) is 17.3 Å². The van der Waals surface area contributed by atoms with Crippen molar-refractivity contribution in [3.05, 3.63) is 65.1 Å². The lowest BCUT2D eigenvalue weighted by atomic mass is 9.96. The van der Waals surface area contributed by atoms with E-state index in [9.17, 15) is 4.79 Å². The molecule has 0 bridgehead atoms. The average Bonchev–Trinajstić information content (AvgIpc) is 3.32. The molecule has 0 spiro atoms. The van der Waals surface area contributed by atoms with Crippen LogP contribution >= 0.6 is 11.6 Å². The SMILES string of the molecule is O=C(CN1CCC(c2nc3cc(Cl)ccc3o2)CC1)c1c[nH]c2ccccc12. The first-order valence-electron chi connectivity index (χ1n) is 9.55. The van der Waals surface area contributed by atoms with Crippen molar-refractivity contribution in [2.75, 3.05) is 19.6 Å². The summed E-state index contributed by atoms with van der Waals surface area (Å²) in [5.74, 6) is 1.22. The van der Waals surface area contributed by atoms with Gasteiger partial charge in [0.1, 0.15) is 5.52 Å². The van der Waals surface area contributed by atoms with Gasteiger partial charge >= 0.3 is 0 Å². The minimum Gasteiger partial charge on any atom is -0.440 e. The maximum absolute atomic E-state index is 12.8. The minimum atomic E-state index is 0.160. The highest BCUT2D eigenvalue weighted by Gasteiger charge is 2.26. The molecule has 1 saturated heterocycles. The number of aromatic amines is 1. The number of likely N-dealkylation sites (tertiary alicyclic amines) is 1. The van der Waals surface area contributed by atoms with E-state index in [1.807, 2.05) is 48.7 Å². The number of aromatic nitrogens is 2. The van der Waals surface area contributed by atoms with Gasteiger partial charge in [-0.2, -0.15) is 0 Å². The van der Waals surface area contributed by atoms with Gasteiger partial charge < -0.3 is 9.40 Å². The first kappa shape index (κ1) is 17.5. The zero-order valence-corrected chi connectivity index (χ0v) is 16.1. The van der Waals surface area contributed by atoms with Crippen molar-refractivity contribution >= 4 is 39.4 Å². The Hall–Kier alpha value is -2.63. The van der Waals surface area contributed by atoms with Crippen LogP contribution in [0.15, 0.2) is 53.1 Å². The molecule has 2 aromatic heterocycles. The average molecular weight is 394 g/mol. The van der Waals surface area contributed by atoms with Crippen molar-refractivity contribution in [1.82, 2.24) is 14.9 Å². The van der Waals surface area contributed by atoms with Gasteiger partial charge in [-0.05, 0) is 50.2 Å². The van der Waals surface area contributed by atoms with E-state index in [0.29, 0.717) is 11.6 Å². The maximum atomic E-state index is 12.8. The third-order valence-electron chi connectivity index (χ3n) is 5.56. The monoisotopic (exact) mass is 393 g/mol. The van der Waals surface area contributed by atoms with Gasteiger partial charge in [0.2, 0.25) is 0 Å². The number of rotatable bonds is 4. The van der Waals surface area contributed by atoms with Gasteiger partial charge in [0.05, 0.1) is 6.54 Å². The Labute approximate surface area is 167 Å². The summed E-state index contributed by atoms with van der Waals surface area (Å²) < 4.78 is 5.93. The number of carbonyl (C=O) groups is 1. The third kappa shape index (κ3) is 3.21. The Morgan fingerprint density at radius 1 is 1.21 bits per heavy atom. The number of oxazole rings is 1. The summed E-state index contributed by atoms with van der Waals surface area (Å²) in [4.78, 5) is 22.8. The molecule has 0 unspecified atom stereocenters. The summed E-state index contributed by atoms with van der Waals surface area (Å²) in [6.45, 7) is 2.16. The number of nitrogens with one attached hydrogen (secondary N) is 1. The number of para-hydroxylation sites is 1. The second-order valence-electron chi connectivity index (χ2n) is 7.39. The van der Waals surface area contributed by atoms with Gasteiger partial charge in [0.25, 0.3) is 0 Å². The Morgan fingerprint density at radius 2 is 2.04 bits per heavy atom. The summed E-state index contributed by atoms with van der Waals surface area (Å²) in [5.41, 5.74) is 3.35. The molecule has 5 nitrogen and oxygen atoms in total. The second-order valence-corrected chi connectivity index (χ2v) is 7.82. The number of H-pyrrole nitrogens is 1. The smallest absolute Gasteiger partial charge is 0.198 e. The van der Waals surface area contributed by atoms with Crippen molar-refractivity contribution in [3.8, 4) is 0 Å². The number of halogens is 1. The molecule has 4 aromatic rings. The number of benzene rings is 2.